The molecule has 12 heteroatoms. The van der Waals surface area contributed by atoms with Crippen molar-refractivity contribution in [2.45, 2.75) is 32.2 Å². The standard InChI is InChI=1S/C27H23ClN6O2S.C6H10O2/c28-25-10-9-24(37-25)27(36)33-13-11-32(12-14-33)22-7-5-21(6-8-22)31-26(35)23-16-30-18-34(23)17-20-3-1-19(15-29)2-4-20;7-6(8)5-3-1-2-4-5/h1-10,16,18H,11-14,17H2,(H,31,35);5H,1-4H2,(H,7,8). The number of carbonyl (C=O) groups excluding carboxylic acids is 2. The van der Waals surface area contributed by atoms with Crippen molar-refractivity contribution < 1.29 is 19.5 Å². The second-order valence-corrected chi connectivity index (χ2v) is 12.6. The first-order valence-electron chi connectivity index (χ1n) is 14.7. The summed E-state index contributed by atoms with van der Waals surface area (Å²) in [5.41, 5.74) is 3.73. The Bertz CT molecular complexity index is 1660. The topological polar surface area (TPSA) is 132 Å². The Morgan fingerprint density at radius 2 is 1.67 bits per heavy atom. The zero-order valence-electron chi connectivity index (χ0n) is 24.6. The van der Waals surface area contributed by atoms with E-state index in [0.29, 0.717) is 45.8 Å². The number of nitrogens with one attached hydrogen (secondary N) is 1. The SMILES string of the molecule is N#Cc1ccc(Cn2cncc2C(=O)Nc2ccc(N3CCN(C(=O)c4ccc(Cl)s4)CC3)cc2)cc1.O=C(O)C1CCCC1. The number of halogens is 1. The summed E-state index contributed by atoms with van der Waals surface area (Å²) in [7, 11) is 0. The van der Waals surface area contributed by atoms with E-state index in [2.05, 4.69) is 21.3 Å². The summed E-state index contributed by atoms with van der Waals surface area (Å²) < 4.78 is 2.39. The van der Waals surface area contributed by atoms with Crippen LogP contribution in [0.4, 0.5) is 11.4 Å². The number of carboxylic acids is 1. The molecule has 2 aliphatic rings. The van der Waals surface area contributed by atoms with Crippen LogP contribution in [0.1, 0.15) is 57.0 Å². The Hall–Kier alpha value is -4.66. The molecule has 1 aliphatic heterocycles. The quantitative estimate of drug-likeness (QED) is 0.252. The van der Waals surface area contributed by atoms with Crippen LogP contribution in [0.3, 0.4) is 0 Å². The van der Waals surface area contributed by atoms with Gasteiger partial charge in [-0.1, -0.05) is 36.6 Å². The number of piperazine rings is 1. The summed E-state index contributed by atoms with van der Waals surface area (Å²) >= 11 is 7.27. The largest absolute Gasteiger partial charge is 0.481 e. The first-order valence-corrected chi connectivity index (χ1v) is 15.9. The van der Waals surface area contributed by atoms with E-state index in [1.165, 1.54) is 17.5 Å². The first-order chi connectivity index (χ1) is 21.8. The Labute approximate surface area is 270 Å². The van der Waals surface area contributed by atoms with Gasteiger partial charge in [-0.05, 0) is 66.9 Å². The smallest absolute Gasteiger partial charge is 0.306 e. The number of imidazole rings is 1. The minimum Gasteiger partial charge on any atom is -0.481 e. The Balaban J connectivity index is 0.000000436. The molecule has 3 heterocycles. The summed E-state index contributed by atoms with van der Waals surface area (Å²) in [6.07, 6.45) is 7.17. The molecule has 2 aromatic carbocycles. The lowest BCUT2D eigenvalue weighted by Gasteiger charge is -2.36. The fourth-order valence-corrected chi connectivity index (χ4v) is 6.40. The van der Waals surface area contributed by atoms with E-state index in [-0.39, 0.29) is 17.7 Å². The first kappa shape index (κ1) is 31.8. The summed E-state index contributed by atoms with van der Waals surface area (Å²) in [4.78, 5) is 44.7. The average Bonchev–Trinajstić information content (AvgIpc) is 3.85. The van der Waals surface area contributed by atoms with Gasteiger partial charge in [0.15, 0.2) is 0 Å². The predicted molar refractivity (Wildman–Crippen MR) is 174 cm³/mol. The lowest BCUT2D eigenvalue weighted by molar-refractivity contribution is -0.141. The van der Waals surface area contributed by atoms with Gasteiger partial charge in [0, 0.05) is 44.1 Å². The van der Waals surface area contributed by atoms with E-state index in [4.69, 9.17) is 22.0 Å². The highest BCUT2D eigenvalue weighted by Crippen LogP contribution is 2.25. The molecule has 4 aromatic rings. The van der Waals surface area contributed by atoms with Crippen molar-refractivity contribution in [1.29, 1.82) is 5.26 Å². The molecule has 0 unspecified atom stereocenters. The third-order valence-corrected chi connectivity index (χ3v) is 9.15. The zero-order chi connectivity index (χ0) is 31.8. The Kier molecular flexibility index (Phi) is 10.5. The number of aromatic nitrogens is 2. The highest BCUT2D eigenvalue weighted by atomic mass is 35.5. The molecule has 232 valence electrons. The van der Waals surface area contributed by atoms with Gasteiger partial charge in [-0.15, -0.1) is 11.3 Å². The van der Waals surface area contributed by atoms with Crippen molar-refractivity contribution in [3.8, 4) is 6.07 Å². The van der Waals surface area contributed by atoms with Gasteiger partial charge in [0.2, 0.25) is 0 Å². The number of thiophene rings is 1. The highest BCUT2D eigenvalue weighted by Gasteiger charge is 2.24. The van der Waals surface area contributed by atoms with E-state index >= 15 is 0 Å². The van der Waals surface area contributed by atoms with Gasteiger partial charge in [0.05, 0.1) is 39.3 Å². The molecule has 2 fully saturated rings. The van der Waals surface area contributed by atoms with Crippen molar-refractivity contribution in [1.82, 2.24) is 14.5 Å². The molecule has 2 N–H and O–H groups in total. The second kappa shape index (κ2) is 14.9. The number of carboxylic acid groups (broad SMARTS) is 1. The van der Waals surface area contributed by atoms with Crippen LogP contribution in [-0.4, -0.2) is 63.5 Å². The van der Waals surface area contributed by atoms with Crippen molar-refractivity contribution in [2.75, 3.05) is 36.4 Å². The van der Waals surface area contributed by atoms with Gasteiger partial charge < -0.3 is 24.8 Å². The van der Waals surface area contributed by atoms with Crippen LogP contribution in [0, 0.1) is 17.2 Å². The third-order valence-electron chi connectivity index (χ3n) is 7.93. The number of nitrogens with zero attached hydrogens (tertiary/aromatic N) is 5. The third kappa shape index (κ3) is 8.29. The van der Waals surface area contributed by atoms with Crippen molar-refractivity contribution in [2.24, 2.45) is 5.92 Å². The minimum absolute atomic E-state index is 0.0185. The van der Waals surface area contributed by atoms with Gasteiger partial charge in [-0.2, -0.15) is 5.26 Å². The second-order valence-electron chi connectivity index (χ2n) is 10.9. The van der Waals surface area contributed by atoms with Gasteiger partial charge in [-0.3, -0.25) is 14.4 Å². The van der Waals surface area contributed by atoms with E-state index in [1.54, 1.807) is 35.2 Å². The summed E-state index contributed by atoms with van der Waals surface area (Å²) in [6, 6.07) is 20.6. The number of carbonyl (C=O) groups is 3. The van der Waals surface area contributed by atoms with Gasteiger partial charge in [0.1, 0.15) is 5.69 Å². The van der Waals surface area contributed by atoms with E-state index in [1.807, 2.05) is 41.3 Å². The Morgan fingerprint density at radius 1 is 0.978 bits per heavy atom. The molecule has 6 rings (SSSR count). The number of rotatable bonds is 7. The van der Waals surface area contributed by atoms with Gasteiger partial charge in [0.25, 0.3) is 11.8 Å². The predicted octanol–water partition coefficient (Wildman–Crippen LogP) is 5.99. The van der Waals surface area contributed by atoms with Crippen LogP contribution >= 0.6 is 22.9 Å². The molecule has 0 atom stereocenters. The lowest BCUT2D eigenvalue weighted by Crippen LogP contribution is -2.48. The number of hydrogen-bond donors (Lipinski definition) is 2. The average molecular weight is 645 g/mol. The van der Waals surface area contributed by atoms with Gasteiger partial charge >= 0.3 is 5.97 Å². The summed E-state index contributed by atoms with van der Waals surface area (Å²) in [5.74, 6) is -0.856. The van der Waals surface area contributed by atoms with E-state index < -0.39 is 5.97 Å². The normalized spacial score (nSPS) is 14.8. The molecule has 1 saturated carbocycles. The number of aliphatic carboxylic acids is 1. The number of anilines is 2. The number of hydrogen-bond acceptors (Lipinski definition) is 7. The summed E-state index contributed by atoms with van der Waals surface area (Å²) in [6.45, 7) is 3.20. The van der Waals surface area contributed by atoms with Crippen LogP contribution in [-0.2, 0) is 11.3 Å². The molecule has 1 aliphatic carbocycles. The molecule has 2 amide bonds. The van der Waals surface area contributed by atoms with Crippen LogP contribution in [0.5, 0.6) is 0 Å². The maximum Gasteiger partial charge on any atom is 0.306 e. The molecule has 10 nitrogen and oxygen atoms in total. The molecular weight excluding hydrogens is 612 g/mol. The minimum atomic E-state index is -0.609. The van der Waals surface area contributed by atoms with Gasteiger partial charge in [-0.25, -0.2) is 4.98 Å². The molecule has 45 heavy (non-hydrogen) atoms. The van der Waals surface area contributed by atoms with Crippen LogP contribution < -0.4 is 10.2 Å². The highest BCUT2D eigenvalue weighted by molar-refractivity contribution is 7.17. The maximum absolute atomic E-state index is 12.9. The Morgan fingerprint density at radius 3 is 2.24 bits per heavy atom. The molecule has 0 bridgehead atoms. The lowest BCUT2D eigenvalue weighted by atomic mass is 10.1. The molecule has 2 aromatic heterocycles. The number of nitriles is 1. The van der Waals surface area contributed by atoms with Crippen molar-refractivity contribution in [3.05, 3.63) is 99.2 Å². The molecular formula is C33H33ClN6O4S. The van der Waals surface area contributed by atoms with Crippen molar-refractivity contribution in [3.63, 3.8) is 0 Å². The fourth-order valence-electron chi connectivity index (χ4n) is 5.39. The fraction of sp³-hybridized carbons (Fsp3) is 0.303. The zero-order valence-corrected chi connectivity index (χ0v) is 26.1. The number of benzene rings is 2. The van der Waals surface area contributed by atoms with E-state index in [0.717, 1.165) is 50.0 Å². The van der Waals surface area contributed by atoms with Crippen molar-refractivity contribution >= 4 is 52.1 Å². The molecule has 1 saturated heterocycles. The molecule has 0 radical (unpaired) electrons. The van der Waals surface area contributed by atoms with Crippen LogP contribution in [0.2, 0.25) is 4.34 Å². The van der Waals surface area contributed by atoms with Crippen LogP contribution in [0.15, 0.2) is 73.2 Å². The van der Waals surface area contributed by atoms with E-state index in [9.17, 15) is 14.4 Å². The monoisotopic (exact) mass is 644 g/mol. The summed E-state index contributed by atoms with van der Waals surface area (Å²) in [5, 5.41) is 20.3. The molecule has 0 spiro atoms. The van der Waals surface area contributed by atoms with Crippen LogP contribution in [0.25, 0.3) is 0 Å². The maximum atomic E-state index is 12.9. The number of amides is 2.